The maximum atomic E-state index is 12.6. The van der Waals surface area contributed by atoms with E-state index in [0.29, 0.717) is 29.7 Å². The van der Waals surface area contributed by atoms with E-state index in [4.69, 9.17) is 12.2 Å². The van der Waals surface area contributed by atoms with Crippen LogP contribution in [0.5, 0.6) is 0 Å². The van der Waals surface area contributed by atoms with Crippen molar-refractivity contribution in [2.24, 2.45) is 0 Å². The number of hydrogen-bond acceptors (Lipinski definition) is 4. The summed E-state index contributed by atoms with van der Waals surface area (Å²) >= 11 is 5.33. The highest BCUT2D eigenvalue weighted by atomic mass is 32.1. The van der Waals surface area contributed by atoms with E-state index in [-0.39, 0.29) is 11.5 Å². The smallest absolute Gasteiger partial charge is 0.262 e. The Morgan fingerprint density at radius 3 is 2.53 bits per heavy atom. The number of hydrogen-bond donors (Lipinski definition) is 2. The largest absolute Gasteiger partial charge is 0.378 e. The molecule has 2 N–H and O–H groups in total. The third kappa shape index (κ3) is 5.57. The molecule has 158 valence electrons. The lowest BCUT2D eigenvalue weighted by Crippen LogP contribution is -2.23. The lowest BCUT2D eigenvalue weighted by atomic mass is 10.1. The minimum Gasteiger partial charge on any atom is -0.378 e. The second kappa shape index (κ2) is 10.2. The molecule has 3 aromatic rings. The van der Waals surface area contributed by atoms with Crippen LogP contribution in [-0.2, 0) is 17.9 Å². The zero-order valence-electron chi connectivity index (χ0n) is 17.5. The minimum atomic E-state index is -0.0626. The lowest BCUT2D eigenvalue weighted by Gasteiger charge is -2.13. The summed E-state index contributed by atoms with van der Waals surface area (Å²) in [5.74, 6) is 0.0480. The van der Waals surface area contributed by atoms with Gasteiger partial charge in [-0.2, -0.15) is 0 Å². The first-order valence-electron chi connectivity index (χ1n) is 10.2. The minimum absolute atomic E-state index is 0.0480. The summed E-state index contributed by atoms with van der Waals surface area (Å²) in [6.45, 7) is 1.09. The number of aromatic nitrogens is 2. The second-order valence-electron chi connectivity index (χ2n) is 7.58. The fraction of sp³-hybridized carbons (Fsp3) is 0.348. The number of nitrogens with one attached hydrogen (secondary N) is 2. The van der Waals surface area contributed by atoms with Crippen LogP contribution in [0.15, 0.2) is 53.3 Å². The van der Waals surface area contributed by atoms with Gasteiger partial charge in [-0.05, 0) is 54.9 Å². The summed E-state index contributed by atoms with van der Waals surface area (Å²) in [7, 11) is 4.00. The number of carbonyl (C=O) groups excluding carboxylic acids is 1. The fourth-order valence-corrected chi connectivity index (χ4v) is 3.62. The predicted molar refractivity (Wildman–Crippen MR) is 124 cm³/mol. The van der Waals surface area contributed by atoms with Crippen molar-refractivity contribution in [1.29, 1.82) is 0 Å². The molecule has 0 fully saturated rings. The average molecular weight is 425 g/mol. The number of para-hydroxylation sites is 1. The van der Waals surface area contributed by atoms with E-state index in [0.717, 1.165) is 36.0 Å². The highest BCUT2D eigenvalue weighted by molar-refractivity contribution is 7.71. The Kier molecular flexibility index (Phi) is 7.41. The van der Waals surface area contributed by atoms with Crippen molar-refractivity contribution in [1.82, 2.24) is 14.9 Å². The Labute approximate surface area is 181 Å². The number of aromatic amines is 1. The Balaban J connectivity index is 1.41. The molecule has 0 aliphatic rings. The number of rotatable bonds is 9. The van der Waals surface area contributed by atoms with Crippen molar-refractivity contribution in [3.8, 4) is 0 Å². The number of carbonyl (C=O) groups is 1. The van der Waals surface area contributed by atoms with E-state index in [1.54, 1.807) is 10.6 Å². The number of anilines is 1. The molecule has 1 amide bonds. The second-order valence-corrected chi connectivity index (χ2v) is 7.97. The van der Waals surface area contributed by atoms with Gasteiger partial charge in [0.25, 0.3) is 5.56 Å². The van der Waals surface area contributed by atoms with Crippen LogP contribution in [0, 0.1) is 4.77 Å². The standard InChI is InChI=1S/C23H28N4O2S/c1-26(2)18-13-11-17(12-14-18)16-24-21(28)10-4-3-7-15-27-22(29)19-8-5-6-9-20(19)25-23(27)30/h5-6,8-9,11-14H,3-4,7,10,15-16H2,1-2H3,(H,24,28)(H,25,30). The molecule has 30 heavy (non-hydrogen) atoms. The van der Waals surface area contributed by atoms with Crippen LogP contribution >= 0.6 is 12.2 Å². The lowest BCUT2D eigenvalue weighted by molar-refractivity contribution is -0.121. The van der Waals surface area contributed by atoms with E-state index in [1.807, 2.05) is 61.5 Å². The topological polar surface area (TPSA) is 70.1 Å². The SMILES string of the molecule is CN(C)c1ccc(CNC(=O)CCCCCn2c(=S)[nH]c3ccccc3c2=O)cc1. The van der Waals surface area contributed by atoms with Gasteiger partial charge in [-0.25, -0.2) is 0 Å². The summed E-state index contributed by atoms with van der Waals surface area (Å²) in [5, 5.41) is 3.61. The van der Waals surface area contributed by atoms with Crippen molar-refractivity contribution in [3.63, 3.8) is 0 Å². The Morgan fingerprint density at radius 1 is 1.07 bits per heavy atom. The van der Waals surface area contributed by atoms with Gasteiger partial charge in [0.2, 0.25) is 5.91 Å². The molecule has 0 aliphatic heterocycles. The van der Waals surface area contributed by atoms with E-state index < -0.39 is 0 Å². The monoisotopic (exact) mass is 424 g/mol. The number of unbranched alkanes of at least 4 members (excludes halogenated alkanes) is 2. The van der Waals surface area contributed by atoms with Gasteiger partial charge in [-0.15, -0.1) is 0 Å². The normalized spacial score (nSPS) is 10.9. The van der Waals surface area contributed by atoms with Crippen molar-refractivity contribution < 1.29 is 4.79 Å². The van der Waals surface area contributed by atoms with Crippen LogP contribution in [-0.4, -0.2) is 29.6 Å². The van der Waals surface area contributed by atoms with Gasteiger partial charge in [0.15, 0.2) is 4.77 Å². The van der Waals surface area contributed by atoms with E-state index in [2.05, 4.69) is 10.3 Å². The number of nitrogens with zero attached hydrogens (tertiary/aromatic N) is 2. The Bertz CT molecular complexity index is 1120. The van der Waals surface area contributed by atoms with Gasteiger partial charge in [0.1, 0.15) is 0 Å². The van der Waals surface area contributed by atoms with Crippen LogP contribution in [0.2, 0.25) is 0 Å². The molecule has 7 heteroatoms. The molecule has 0 atom stereocenters. The molecule has 0 saturated heterocycles. The number of H-pyrrole nitrogens is 1. The van der Waals surface area contributed by atoms with Gasteiger partial charge < -0.3 is 15.2 Å². The van der Waals surface area contributed by atoms with E-state index in [1.165, 1.54) is 0 Å². The molecule has 0 spiro atoms. The van der Waals surface area contributed by atoms with Crippen molar-refractivity contribution in [2.75, 3.05) is 19.0 Å². The number of fused-ring (bicyclic) bond motifs is 1. The number of benzene rings is 2. The van der Waals surface area contributed by atoms with Crippen LogP contribution in [0.3, 0.4) is 0 Å². The predicted octanol–water partition coefficient (Wildman–Crippen LogP) is 4.00. The third-order valence-electron chi connectivity index (χ3n) is 5.12. The van der Waals surface area contributed by atoms with Gasteiger partial charge in [0, 0.05) is 39.3 Å². The van der Waals surface area contributed by atoms with Gasteiger partial charge in [0.05, 0.1) is 10.9 Å². The van der Waals surface area contributed by atoms with E-state index in [9.17, 15) is 9.59 Å². The van der Waals surface area contributed by atoms with Crippen LogP contribution in [0.1, 0.15) is 31.2 Å². The summed E-state index contributed by atoms with van der Waals surface area (Å²) in [4.78, 5) is 29.8. The van der Waals surface area contributed by atoms with Crippen molar-refractivity contribution in [3.05, 3.63) is 69.2 Å². The molecule has 0 bridgehead atoms. The molecule has 0 unspecified atom stereocenters. The summed E-state index contributed by atoms with van der Waals surface area (Å²) in [6.07, 6.45) is 2.92. The first-order valence-corrected chi connectivity index (χ1v) is 10.6. The van der Waals surface area contributed by atoms with Gasteiger partial charge in [-0.1, -0.05) is 30.7 Å². The molecule has 3 rings (SSSR count). The molecule has 2 aromatic carbocycles. The molecule has 1 aromatic heterocycles. The Morgan fingerprint density at radius 2 is 1.80 bits per heavy atom. The molecular formula is C23H28N4O2S. The molecule has 1 heterocycles. The van der Waals surface area contributed by atoms with Crippen molar-refractivity contribution in [2.45, 2.75) is 38.8 Å². The van der Waals surface area contributed by atoms with Gasteiger partial charge >= 0.3 is 0 Å². The number of amides is 1. The van der Waals surface area contributed by atoms with Crippen LogP contribution < -0.4 is 15.8 Å². The van der Waals surface area contributed by atoms with Gasteiger partial charge in [-0.3, -0.25) is 14.2 Å². The summed E-state index contributed by atoms with van der Waals surface area (Å²) in [5.41, 5.74) is 2.92. The van der Waals surface area contributed by atoms with Crippen molar-refractivity contribution >= 4 is 34.7 Å². The highest BCUT2D eigenvalue weighted by Crippen LogP contribution is 2.12. The molecule has 0 aliphatic carbocycles. The fourth-order valence-electron chi connectivity index (χ4n) is 3.34. The first kappa shape index (κ1) is 21.8. The van der Waals surface area contributed by atoms with Crippen LogP contribution in [0.25, 0.3) is 10.9 Å². The summed E-state index contributed by atoms with van der Waals surface area (Å²) < 4.78 is 2.05. The van der Waals surface area contributed by atoms with E-state index >= 15 is 0 Å². The third-order valence-corrected chi connectivity index (χ3v) is 5.44. The van der Waals surface area contributed by atoms with Crippen LogP contribution in [0.4, 0.5) is 5.69 Å². The molecular weight excluding hydrogens is 396 g/mol. The average Bonchev–Trinajstić information content (AvgIpc) is 2.74. The quantitative estimate of drug-likeness (QED) is 0.402. The molecule has 6 nitrogen and oxygen atoms in total. The maximum Gasteiger partial charge on any atom is 0.262 e. The summed E-state index contributed by atoms with van der Waals surface area (Å²) in [6, 6.07) is 15.5. The molecule has 0 saturated carbocycles. The maximum absolute atomic E-state index is 12.6. The Hall–Kier alpha value is -2.93. The zero-order chi connectivity index (χ0) is 21.5. The first-order chi connectivity index (χ1) is 14.5. The molecule has 0 radical (unpaired) electrons. The zero-order valence-corrected chi connectivity index (χ0v) is 18.3. The highest BCUT2D eigenvalue weighted by Gasteiger charge is 2.06.